The fourth-order valence-corrected chi connectivity index (χ4v) is 3.71. The first-order valence-electron chi connectivity index (χ1n) is 10.00. The minimum atomic E-state index is 0.0332. The van der Waals surface area contributed by atoms with E-state index >= 15 is 0 Å². The molecular formula is C21H23N5O3. The Morgan fingerprint density at radius 1 is 1.14 bits per heavy atom. The number of amides is 1. The number of hydrogen-bond acceptors (Lipinski definition) is 7. The molecule has 0 radical (unpaired) electrons. The van der Waals surface area contributed by atoms with Crippen LogP contribution in [-0.4, -0.2) is 52.1 Å². The van der Waals surface area contributed by atoms with Crippen molar-refractivity contribution < 1.29 is 13.7 Å². The molecule has 2 fully saturated rings. The van der Waals surface area contributed by atoms with Crippen LogP contribution in [0.25, 0.3) is 11.4 Å². The number of aromatic nitrogens is 3. The Morgan fingerprint density at radius 3 is 2.55 bits per heavy atom. The lowest BCUT2D eigenvalue weighted by molar-refractivity contribution is 0.0744. The average Bonchev–Trinajstić information content (AvgIpc) is 3.37. The Bertz CT molecular complexity index is 1030. The molecule has 5 rings (SSSR count). The number of nitrogens with zero attached hydrogens (tertiary/aromatic N) is 5. The first-order valence-corrected chi connectivity index (χ1v) is 10.00. The third-order valence-corrected chi connectivity index (χ3v) is 5.54. The van der Waals surface area contributed by atoms with E-state index in [0.717, 1.165) is 49.0 Å². The van der Waals surface area contributed by atoms with Crippen LogP contribution in [0, 0.1) is 13.8 Å². The molecule has 1 aliphatic heterocycles. The summed E-state index contributed by atoms with van der Waals surface area (Å²) in [5, 5.41) is 4.07. The predicted molar refractivity (Wildman–Crippen MR) is 106 cm³/mol. The van der Waals surface area contributed by atoms with Crippen molar-refractivity contribution in [3.63, 3.8) is 0 Å². The van der Waals surface area contributed by atoms with Crippen LogP contribution in [0.15, 0.2) is 33.3 Å². The molecule has 1 aliphatic carbocycles. The van der Waals surface area contributed by atoms with Crippen molar-refractivity contribution >= 4 is 11.7 Å². The summed E-state index contributed by atoms with van der Waals surface area (Å²) < 4.78 is 10.8. The largest absolute Gasteiger partial charge is 0.466 e. The van der Waals surface area contributed by atoms with Crippen LogP contribution in [0.1, 0.15) is 46.5 Å². The molecule has 8 heteroatoms. The van der Waals surface area contributed by atoms with E-state index in [1.54, 1.807) is 6.20 Å². The minimum Gasteiger partial charge on any atom is -0.466 e. The topological polar surface area (TPSA) is 88.5 Å². The van der Waals surface area contributed by atoms with Crippen LogP contribution in [0.2, 0.25) is 0 Å². The highest BCUT2D eigenvalue weighted by molar-refractivity contribution is 5.95. The monoisotopic (exact) mass is 393 g/mol. The maximum atomic E-state index is 12.7. The molecule has 0 unspecified atom stereocenters. The van der Waals surface area contributed by atoms with Gasteiger partial charge in [0.1, 0.15) is 17.3 Å². The second kappa shape index (κ2) is 7.02. The quantitative estimate of drug-likeness (QED) is 0.672. The first-order chi connectivity index (χ1) is 14.1. The zero-order chi connectivity index (χ0) is 20.0. The molecule has 4 heterocycles. The van der Waals surface area contributed by atoms with E-state index in [1.165, 1.54) is 0 Å². The molecule has 1 saturated heterocycles. The highest BCUT2D eigenvalue weighted by Crippen LogP contribution is 2.39. The Balaban J connectivity index is 1.22. The van der Waals surface area contributed by atoms with Gasteiger partial charge in [-0.05, 0) is 44.9 Å². The number of aryl methyl sites for hydroxylation is 2. The van der Waals surface area contributed by atoms with E-state index in [9.17, 15) is 4.79 Å². The van der Waals surface area contributed by atoms with Crippen molar-refractivity contribution in [3.05, 3.63) is 47.4 Å². The third kappa shape index (κ3) is 3.50. The lowest BCUT2D eigenvalue weighted by Gasteiger charge is -2.35. The summed E-state index contributed by atoms with van der Waals surface area (Å²) in [7, 11) is 0. The van der Waals surface area contributed by atoms with Gasteiger partial charge in [0.15, 0.2) is 0 Å². The molecule has 2 aliphatic rings. The maximum Gasteiger partial charge on any atom is 0.257 e. The summed E-state index contributed by atoms with van der Waals surface area (Å²) >= 11 is 0. The normalized spacial score (nSPS) is 17.0. The minimum absolute atomic E-state index is 0.0332. The van der Waals surface area contributed by atoms with Gasteiger partial charge >= 0.3 is 0 Å². The number of pyridine rings is 1. The van der Waals surface area contributed by atoms with Crippen LogP contribution in [-0.2, 0) is 0 Å². The lowest BCUT2D eigenvalue weighted by Crippen LogP contribution is -2.49. The summed E-state index contributed by atoms with van der Waals surface area (Å²) in [5.41, 5.74) is 1.51. The van der Waals surface area contributed by atoms with Crippen LogP contribution >= 0.6 is 0 Å². The van der Waals surface area contributed by atoms with Gasteiger partial charge < -0.3 is 18.7 Å². The standard InChI is InChI=1S/C21H23N5O3/c1-13-11-17(14(2)28-13)21(27)26-9-7-25(8-10-26)18-6-5-16(12-22-18)19-23-20(29-24-19)15-3-4-15/h5-6,11-12,15H,3-4,7-10H2,1-2H3. The van der Waals surface area contributed by atoms with Crippen molar-refractivity contribution in [2.45, 2.75) is 32.6 Å². The van der Waals surface area contributed by atoms with E-state index < -0.39 is 0 Å². The zero-order valence-corrected chi connectivity index (χ0v) is 16.6. The lowest BCUT2D eigenvalue weighted by atomic mass is 10.2. The van der Waals surface area contributed by atoms with Crippen molar-refractivity contribution in [3.8, 4) is 11.4 Å². The number of carbonyl (C=O) groups excluding carboxylic acids is 1. The molecular weight excluding hydrogens is 370 g/mol. The van der Waals surface area contributed by atoms with E-state index in [4.69, 9.17) is 8.94 Å². The van der Waals surface area contributed by atoms with E-state index in [1.807, 2.05) is 36.9 Å². The highest BCUT2D eigenvalue weighted by atomic mass is 16.5. The number of anilines is 1. The van der Waals surface area contributed by atoms with E-state index in [2.05, 4.69) is 20.0 Å². The molecule has 0 bridgehead atoms. The van der Waals surface area contributed by atoms with Crippen molar-refractivity contribution in [2.24, 2.45) is 0 Å². The molecule has 0 atom stereocenters. The Hall–Kier alpha value is -3.16. The second-order valence-corrected chi connectivity index (χ2v) is 7.74. The number of piperazine rings is 1. The second-order valence-electron chi connectivity index (χ2n) is 7.74. The Morgan fingerprint density at radius 2 is 1.93 bits per heavy atom. The summed E-state index contributed by atoms with van der Waals surface area (Å²) in [6.07, 6.45) is 4.05. The maximum absolute atomic E-state index is 12.7. The van der Waals surface area contributed by atoms with E-state index in [0.29, 0.717) is 36.2 Å². The van der Waals surface area contributed by atoms with Crippen LogP contribution < -0.4 is 4.90 Å². The third-order valence-electron chi connectivity index (χ3n) is 5.54. The molecule has 0 spiro atoms. The van der Waals surface area contributed by atoms with Gasteiger partial charge in [-0.2, -0.15) is 4.98 Å². The number of carbonyl (C=O) groups is 1. The molecule has 0 aromatic carbocycles. The van der Waals surface area contributed by atoms with Crippen molar-refractivity contribution in [2.75, 3.05) is 31.1 Å². The van der Waals surface area contributed by atoms with Crippen molar-refractivity contribution in [1.29, 1.82) is 0 Å². The molecule has 0 N–H and O–H groups in total. The molecule has 1 saturated carbocycles. The number of furan rings is 1. The molecule has 3 aromatic heterocycles. The Kier molecular flexibility index (Phi) is 4.34. The van der Waals surface area contributed by atoms with Gasteiger partial charge in [-0.3, -0.25) is 4.79 Å². The smallest absolute Gasteiger partial charge is 0.257 e. The molecule has 3 aromatic rings. The van der Waals surface area contributed by atoms with E-state index in [-0.39, 0.29) is 5.91 Å². The molecule has 8 nitrogen and oxygen atoms in total. The first kappa shape index (κ1) is 17.9. The van der Waals surface area contributed by atoms with Gasteiger partial charge in [0.2, 0.25) is 11.7 Å². The van der Waals surface area contributed by atoms with Gasteiger partial charge in [-0.1, -0.05) is 5.16 Å². The fraction of sp³-hybridized carbons (Fsp3) is 0.429. The van der Waals surface area contributed by atoms with Gasteiger partial charge in [0.25, 0.3) is 5.91 Å². The van der Waals surface area contributed by atoms with Gasteiger partial charge in [-0.25, -0.2) is 4.98 Å². The van der Waals surface area contributed by atoms with Crippen molar-refractivity contribution in [1.82, 2.24) is 20.0 Å². The van der Waals surface area contributed by atoms with Crippen LogP contribution in [0.3, 0.4) is 0 Å². The zero-order valence-electron chi connectivity index (χ0n) is 16.6. The summed E-state index contributed by atoms with van der Waals surface area (Å²) in [6, 6.07) is 5.76. The van der Waals surface area contributed by atoms with Crippen LogP contribution in [0.4, 0.5) is 5.82 Å². The predicted octanol–water partition coefficient (Wildman–Crippen LogP) is 3.18. The number of rotatable bonds is 4. The molecule has 150 valence electrons. The summed E-state index contributed by atoms with van der Waals surface area (Å²) in [5.74, 6) is 4.13. The van der Waals surface area contributed by atoms with Crippen LogP contribution in [0.5, 0.6) is 0 Å². The SMILES string of the molecule is Cc1cc(C(=O)N2CCN(c3ccc(-c4noc(C5CC5)n4)cn3)CC2)c(C)o1. The molecule has 1 amide bonds. The number of hydrogen-bond donors (Lipinski definition) is 0. The summed E-state index contributed by atoms with van der Waals surface area (Å²) in [6.45, 7) is 6.48. The van der Waals surface area contributed by atoms with Gasteiger partial charge in [0, 0.05) is 43.9 Å². The fourth-order valence-electron chi connectivity index (χ4n) is 3.71. The highest BCUT2D eigenvalue weighted by Gasteiger charge is 2.30. The molecule has 29 heavy (non-hydrogen) atoms. The average molecular weight is 393 g/mol. The van der Waals surface area contributed by atoms with Gasteiger partial charge in [0.05, 0.1) is 5.56 Å². The van der Waals surface area contributed by atoms with Gasteiger partial charge in [-0.15, -0.1) is 0 Å². The summed E-state index contributed by atoms with van der Waals surface area (Å²) in [4.78, 5) is 25.9. The Labute approximate surface area is 168 Å².